The minimum Gasteiger partial charge on any atom is -0.469 e. The van der Waals surface area contributed by atoms with E-state index in [9.17, 15) is 4.79 Å². The number of hydrogen-bond donors (Lipinski definition) is 1. The van der Waals surface area contributed by atoms with Crippen LogP contribution < -0.4 is 0 Å². The summed E-state index contributed by atoms with van der Waals surface area (Å²) in [5.74, 6) is -0.332. The number of carbonyl (C=O) groups is 1. The number of ether oxygens (including phenoxy) is 1. The number of fused-ring (bicyclic) bond motifs is 2. The van der Waals surface area contributed by atoms with Gasteiger partial charge in [-0.1, -0.05) is 18.2 Å². The van der Waals surface area contributed by atoms with Crippen molar-refractivity contribution in [3.63, 3.8) is 0 Å². The van der Waals surface area contributed by atoms with Crippen LogP contribution in [0.4, 0.5) is 0 Å². The van der Waals surface area contributed by atoms with Crippen molar-refractivity contribution in [1.29, 1.82) is 0 Å². The predicted molar refractivity (Wildman–Crippen MR) is 81.9 cm³/mol. The van der Waals surface area contributed by atoms with E-state index in [-0.39, 0.29) is 11.9 Å². The zero-order valence-electron chi connectivity index (χ0n) is 12.2. The average molecular weight is 282 g/mol. The Balaban J connectivity index is 1.91. The van der Waals surface area contributed by atoms with Crippen molar-refractivity contribution < 1.29 is 9.53 Å². The summed E-state index contributed by atoms with van der Waals surface area (Å²) in [6, 6.07) is 6.68. The molecule has 1 aliphatic heterocycles. The van der Waals surface area contributed by atoms with E-state index in [1.165, 1.54) is 34.7 Å². The molecule has 21 heavy (non-hydrogen) atoms. The lowest BCUT2D eigenvalue weighted by Gasteiger charge is -2.39. The predicted octanol–water partition coefficient (Wildman–Crippen LogP) is 2.21. The Morgan fingerprint density at radius 1 is 1.43 bits per heavy atom. The molecule has 108 valence electrons. The lowest BCUT2D eigenvalue weighted by molar-refractivity contribution is -0.144. The fraction of sp³-hybridized carbons (Fsp3) is 0.353. The Morgan fingerprint density at radius 2 is 2.29 bits per heavy atom. The zero-order chi connectivity index (χ0) is 14.6. The highest BCUT2D eigenvalue weighted by Gasteiger charge is 2.35. The molecule has 0 amide bonds. The Kier molecular flexibility index (Phi) is 2.69. The van der Waals surface area contributed by atoms with Crippen LogP contribution >= 0.6 is 0 Å². The smallest absolute Gasteiger partial charge is 0.313 e. The molecule has 1 aromatic carbocycles. The molecule has 1 unspecified atom stereocenters. The molecule has 1 aromatic heterocycles. The van der Waals surface area contributed by atoms with Gasteiger partial charge in [0.15, 0.2) is 0 Å². The number of likely N-dealkylation sites (N-methyl/N-ethyl adjacent to an activating group) is 1. The molecule has 1 N–H and O–H groups in total. The SMILES string of the molecule is COC(=O)[C@H]1C=C2c3cccc4[nH]cc(c34)CC2N(C)C1. The third-order valence-corrected chi connectivity index (χ3v) is 4.77. The summed E-state index contributed by atoms with van der Waals surface area (Å²) in [5, 5.41) is 1.30. The fourth-order valence-corrected chi connectivity index (χ4v) is 3.75. The number of hydrogen-bond acceptors (Lipinski definition) is 3. The Labute approximate surface area is 123 Å². The maximum absolute atomic E-state index is 11.9. The van der Waals surface area contributed by atoms with Gasteiger partial charge in [0.1, 0.15) is 0 Å². The number of nitrogens with one attached hydrogen (secondary N) is 1. The number of carbonyl (C=O) groups excluding carboxylic acids is 1. The number of rotatable bonds is 1. The summed E-state index contributed by atoms with van der Waals surface area (Å²) < 4.78 is 4.93. The summed E-state index contributed by atoms with van der Waals surface area (Å²) in [4.78, 5) is 17.5. The Hall–Kier alpha value is -2.07. The molecule has 4 rings (SSSR count). The van der Waals surface area contributed by atoms with Crippen molar-refractivity contribution in [3.8, 4) is 0 Å². The van der Waals surface area contributed by atoms with Crippen LogP contribution in [0.3, 0.4) is 0 Å². The Morgan fingerprint density at radius 3 is 3.10 bits per heavy atom. The third kappa shape index (κ3) is 1.75. The van der Waals surface area contributed by atoms with E-state index in [1.807, 2.05) is 0 Å². The van der Waals surface area contributed by atoms with Gasteiger partial charge < -0.3 is 9.72 Å². The van der Waals surface area contributed by atoms with Gasteiger partial charge in [-0.3, -0.25) is 9.69 Å². The summed E-state index contributed by atoms with van der Waals surface area (Å²) >= 11 is 0. The van der Waals surface area contributed by atoms with E-state index in [0.29, 0.717) is 6.04 Å². The number of H-pyrrole nitrogens is 1. The van der Waals surface area contributed by atoms with Gasteiger partial charge in [-0.25, -0.2) is 0 Å². The van der Waals surface area contributed by atoms with E-state index >= 15 is 0 Å². The second-order valence-electron chi connectivity index (χ2n) is 5.95. The van der Waals surface area contributed by atoms with Gasteiger partial charge in [0, 0.05) is 29.7 Å². The lowest BCUT2D eigenvalue weighted by Crippen LogP contribution is -2.44. The van der Waals surface area contributed by atoms with Gasteiger partial charge in [0.05, 0.1) is 13.0 Å². The first kappa shape index (κ1) is 12.7. The first-order valence-electron chi connectivity index (χ1n) is 7.28. The molecule has 2 aromatic rings. The molecule has 4 nitrogen and oxygen atoms in total. The molecule has 4 heteroatoms. The topological polar surface area (TPSA) is 45.3 Å². The van der Waals surface area contributed by atoms with Crippen molar-refractivity contribution in [3.05, 3.63) is 41.6 Å². The van der Waals surface area contributed by atoms with Crippen LogP contribution in [-0.2, 0) is 16.0 Å². The summed E-state index contributed by atoms with van der Waals surface area (Å²) in [7, 11) is 3.55. The molecule has 0 spiro atoms. The number of aromatic amines is 1. The van der Waals surface area contributed by atoms with Crippen LogP contribution in [0.5, 0.6) is 0 Å². The quantitative estimate of drug-likeness (QED) is 0.816. The van der Waals surface area contributed by atoms with Crippen molar-refractivity contribution in [2.45, 2.75) is 12.5 Å². The van der Waals surface area contributed by atoms with Crippen LogP contribution in [0.2, 0.25) is 0 Å². The normalized spacial score (nSPS) is 24.6. The van der Waals surface area contributed by atoms with E-state index in [4.69, 9.17) is 4.74 Å². The maximum Gasteiger partial charge on any atom is 0.313 e. The highest BCUT2D eigenvalue weighted by Crippen LogP contribution is 2.40. The molecular weight excluding hydrogens is 264 g/mol. The highest BCUT2D eigenvalue weighted by atomic mass is 16.5. The van der Waals surface area contributed by atoms with Crippen LogP contribution in [0.15, 0.2) is 30.5 Å². The number of nitrogens with zero attached hydrogens (tertiary/aromatic N) is 1. The number of benzene rings is 1. The van der Waals surface area contributed by atoms with Gasteiger partial charge >= 0.3 is 5.97 Å². The van der Waals surface area contributed by atoms with Crippen molar-refractivity contribution in [2.24, 2.45) is 5.92 Å². The van der Waals surface area contributed by atoms with Crippen molar-refractivity contribution >= 4 is 22.4 Å². The standard InChI is InChI=1S/C17H18N2O2/c1-19-9-11(17(20)21-2)6-13-12-4-3-5-14-16(12)10(8-18-14)7-15(13)19/h3-6,8,11,15,18H,7,9H2,1-2H3/t11-,15?/m0/s1. The second-order valence-corrected chi connectivity index (χ2v) is 5.95. The second kappa shape index (κ2) is 4.46. The molecule has 2 aliphatic rings. The molecule has 0 saturated heterocycles. The van der Waals surface area contributed by atoms with Crippen LogP contribution in [0.1, 0.15) is 11.1 Å². The largest absolute Gasteiger partial charge is 0.469 e. The molecular formula is C17H18N2O2. The zero-order valence-corrected chi connectivity index (χ0v) is 12.2. The van der Waals surface area contributed by atoms with Gasteiger partial charge in [-0.2, -0.15) is 0 Å². The number of esters is 1. The first-order chi connectivity index (χ1) is 10.2. The fourth-order valence-electron chi connectivity index (χ4n) is 3.75. The van der Waals surface area contributed by atoms with Crippen molar-refractivity contribution in [1.82, 2.24) is 9.88 Å². The molecule has 0 saturated carbocycles. The van der Waals surface area contributed by atoms with Gasteiger partial charge in [-0.05, 0) is 36.2 Å². The minimum absolute atomic E-state index is 0.153. The molecule has 0 bridgehead atoms. The lowest BCUT2D eigenvalue weighted by atomic mass is 9.80. The van der Waals surface area contributed by atoms with Crippen molar-refractivity contribution in [2.75, 3.05) is 20.7 Å². The number of aromatic nitrogens is 1. The van der Waals surface area contributed by atoms with E-state index in [1.54, 1.807) is 0 Å². The van der Waals surface area contributed by atoms with E-state index in [0.717, 1.165) is 13.0 Å². The van der Waals surface area contributed by atoms with Crippen LogP contribution in [0, 0.1) is 5.92 Å². The molecule has 2 heterocycles. The van der Waals surface area contributed by atoms with Gasteiger partial charge in [-0.15, -0.1) is 0 Å². The third-order valence-electron chi connectivity index (χ3n) is 4.77. The average Bonchev–Trinajstić information content (AvgIpc) is 2.92. The maximum atomic E-state index is 11.9. The van der Waals surface area contributed by atoms with E-state index < -0.39 is 0 Å². The summed E-state index contributed by atoms with van der Waals surface area (Å²) in [6.45, 7) is 0.719. The van der Waals surface area contributed by atoms with E-state index in [2.05, 4.69) is 47.4 Å². The summed E-state index contributed by atoms with van der Waals surface area (Å²) in [6.07, 6.45) is 5.22. The molecule has 0 fully saturated rings. The minimum atomic E-state index is -0.179. The highest BCUT2D eigenvalue weighted by molar-refractivity contribution is 5.99. The first-order valence-corrected chi connectivity index (χ1v) is 7.28. The monoisotopic (exact) mass is 282 g/mol. The number of methoxy groups -OCH3 is 1. The van der Waals surface area contributed by atoms with Crippen LogP contribution in [-0.4, -0.2) is 42.6 Å². The van der Waals surface area contributed by atoms with Gasteiger partial charge in [0.25, 0.3) is 0 Å². The Bertz CT molecular complexity index is 759. The molecule has 1 aliphatic carbocycles. The molecule has 2 atom stereocenters. The van der Waals surface area contributed by atoms with Crippen LogP contribution in [0.25, 0.3) is 16.5 Å². The van der Waals surface area contributed by atoms with Gasteiger partial charge in [0.2, 0.25) is 0 Å². The molecule has 0 radical (unpaired) electrons. The summed E-state index contributed by atoms with van der Waals surface area (Å²) in [5.41, 5.74) is 5.05.